The average Bonchev–Trinajstić information content (AvgIpc) is 1.85. The molecule has 3 N–H and O–H groups in total. The Labute approximate surface area is 70.6 Å². The molecule has 0 radical (unpaired) electrons. The van der Waals surface area contributed by atoms with Crippen molar-refractivity contribution in [3.05, 3.63) is 0 Å². The van der Waals surface area contributed by atoms with Crippen LogP contribution >= 0.6 is 0 Å². The Hall–Kier alpha value is -0.940. The number of aliphatic hydroxyl groups is 2. The van der Waals surface area contributed by atoms with Gasteiger partial charge in [0.05, 0.1) is 0 Å². The highest BCUT2D eigenvalue weighted by molar-refractivity contribution is 5.93. The van der Waals surface area contributed by atoms with Crippen molar-refractivity contribution in [3.8, 4) is 0 Å². The number of carboxylic acids is 1. The second-order valence-corrected chi connectivity index (χ2v) is 2.16. The number of aliphatic carboxylic acids is 1. The highest BCUT2D eigenvalue weighted by atomic mass is 16.5. The molecule has 0 aromatic heterocycles. The van der Waals surface area contributed by atoms with Gasteiger partial charge in [0.15, 0.2) is 6.29 Å². The van der Waals surface area contributed by atoms with Gasteiger partial charge >= 0.3 is 5.97 Å². The van der Waals surface area contributed by atoms with Crippen LogP contribution in [0.1, 0.15) is 26.7 Å². The lowest BCUT2D eigenvalue weighted by Crippen LogP contribution is -2.00. The largest absolute Gasteiger partial charge is 0.481 e. The van der Waals surface area contributed by atoms with E-state index < -0.39 is 12.3 Å². The fourth-order valence-electron chi connectivity index (χ4n) is 0.213. The maximum absolute atomic E-state index is 9.87. The Morgan fingerprint density at radius 1 is 1.33 bits per heavy atom. The molecule has 0 spiro atoms. The Morgan fingerprint density at radius 3 is 1.67 bits per heavy atom. The molecule has 0 saturated heterocycles. The second-order valence-electron chi connectivity index (χ2n) is 2.16. The van der Waals surface area contributed by atoms with Gasteiger partial charge in [-0.25, -0.2) is 0 Å². The molecule has 0 aromatic rings. The molecule has 0 fully saturated rings. The molecule has 0 bridgehead atoms. The lowest BCUT2D eigenvalue weighted by molar-refractivity contribution is -0.139. The summed E-state index contributed by atoms with van der Waals surface area (Å²) in [6.07, 6.45) is -1.06. The van der Waals surface area contributed by atoms with Crippen LogP contribution in [0, 0.1) is 0 Å². The van der Waals surface area contributed by atoms with E-state index in [1.807, 2.05) is 0 Å². The van der Waals surface area contributed by atoms with Crippen molar-refractivity contribution in [1.29, 1.82) is 0 Å². The van der Waals surface area contributed by atoms with Gasteiger partial charge in [-0.05, 0) is 13.3 Å². The molecule has 5 nitrogen and oxygen atoms in total. The molecule has 0 aliphatic heterocycles. The molecule has 0 aromatic carbocycles. The van der Waals surface area contributed by atoms with Crippen LogP contribution in [0.15, 0.2) is 0 Å². The second kappa shape index (κ2) is 8.16. The van der Waals surface area contributed by atoms with Gasteiger partial charge in [-0.1, -0.05) is 6.92 Å². The number of carbonyl (C=O) groups is 2. The van der Waals surface area contributed by atoms with Gasteiger partial charge in [-0.2, -0.15) is 0 Å². The number of carboxylic acid groups (broad SMARTS) is 1. The molecule has 0 rings (SSSR count). The minimum atomic E-state index is -1.12. The number of hydrogen-bond donors (Lipinski definition) is 3. The van der Waals surface area contributed by atoms with Gasteiger partial charge in [-0.15, -0.1) is 0 Å². The van der Waals surface area contributed by atoms with E-state index in [4.69, 9.17) is 15.3 Å². The molecule has 0 aliphatic rings. The molecule has 0 atom stereocenters. The number of Topliss-reactive ketones (excluding diaryl/α,β-unsaturated/α-hetero) is 1. The molecule has 0 heterocycles. The highest BCUT2D eigenvalue weighted by Gasteiger charge is 1.98. The Bertz CT molecular complexity index is 129. The molecular weight excluding hydrogens is 164 g/mol. The molecule has 0 unspecified atom stereocenters. The molecule has 0 saturated carbocycles. The minimum absolute atomic E-state index is 0.312. The fourth-order valence-corrected chi connectivity index (χ4v) is 0.213. The van der Waals surface area contributed by atoms with Crippen molar-refractivity contribution in [2.24, 2.45) is 0 Å². The van der Waals surface area contributed by atoms with Crippen molar-refractivity contribution in [2.75, 3.05) is 0 Å². The van der Waals surface area contributed by atoms with E-state index in [1.165, 1.54) is 6.92 Å². The minimum Gasteiger partial charge on any atom is -0.481 e. The van der Waals surface area contributed by atoms with E-state index >= 15 is 0 Å². The number of ketones is 1. The van der Waals surface area contributed by atoms with Gasteiger partial charge in [-0.3, -0.25) is 9.59 Å². The smallest absolute Gasteiger partial charge is 0.310 e. The fraction of sp³-hybridized carbons (Fsp3) is 0.714. The first kappa shape index (κ1) is 13.6. The third kappa shape index (κ3) is 23.0. The number of hydrogen-bond acceptors (Lipinski definition) is 4. The lowest BCUT2D eigenvalue weighted by Gasteiger charge is -1.90. The predicted molar refractivity (Wildman–Crippen MR) is 41.5 cm³/mol. The summed E-state index contributed by atoms with van der Waals surface area (Å²) in [5.74, 6) is -1.37. The highest BCUT2D eigenvalue weighted by Crippen LogP contribution is 1.77. The van der Waals surface area contributed by atoms with Crippen molar-refractivity contribution < 1.29 is 24.9 Å². The maximum Gasteiger partial charge on any atom is 0.310 e. The quantitative estimate of drug-likeness (QED) is 0.409. The topological polar surface area (TPSA) is 94.8 Å². The third-order valence-electron chi connectivity index (χ3n) is 0.765. The zero-order valence-electron chi connectivity index (χ0n) is 7.15. The van der Waals surface area contributed by atoms with Crippen molar-refractivity contribution in [1.82, 2.24) is 0 Å². The van der Waals surface area contributed by atoms with Crippen LogP contribution in [0.4, 0.5) is 0 Å². The Balaban J connectivity index is 0. The summed E-state index contributed by atoms with van der Waals surface area (Å²) in [6, 6.07) is 0. The summed E-state index contributed by atoms with van der Waals surface area (Å²) in [5.41, 5.74) is 0. The summed E-state index contributed by atoms with van der Waals surface area (Å²) in [5, 5.41) is 23.7. The van der Waals surface area contributed by atoms with E-state index in [-0.39, 0.29) is 12.2 Å². The van der Waals surface area contributed by atoms with E-state index in [1.54, 1.807) is 6.92 Å². The van der Waals surface area contributed by atoms with E-state index in [0.29, 0.717) is 6.42 Å². The van der Waals surface area contributed by atoms with Crippen molar-refractivity contribution in [2.45, 2.75) is 33.0 Å². The van der Waals surface area contributed by atoms with Crippen LogP contribution in [-0.4, -0.2) is 33.4 Å². The normalized spacial score (nSPS) is 8.75. The molecule has 0 amide bonds. The summed E-state index contributed by atoms with van der Waals surface area (Å²) in [7, 11) is 0. The summed E-state index contributed by atoms with van der Waals surface area (Å²) in [6.45, 7) is 2.94. The van der Waals surface area contributed by atoms with Crippen LogP contribution in [0.25, 0.3) is 0 Å². The molecule has 12 heavy (non-hydrogen) atoms. The SMILES string of the molecule is CC(=O)CC(=O)O.CCC(O)O. The van der Waals surface area contributed by atoms with Crippen LogP contribution in [0.3, 0.4) is 0 Å². The van der Waals surface area contributed by atoms with Crippen molar-refractivity contribution in [3.63, 3.8) is 0 Å². The Kier molecular flexibility index (Phi) is 9.27. The zero-order chi connectivity index (χ0) is 10.1. The molecule has 72 valence electrons. The van der Waals surface area contributed by atoms with Crippen LogP contribution < -0.4 is 0 Å². The standard InChI is InChI=1S/C4H6O3.C3H8O2/c1-3(5)2-4(6)7;1-2-3(4)5/h2H2,1H3,(H,6,7);3-5H,2H2,1H3. The number of carbonyl (C=O) groups excluding carboxylic acids is 1. The van der Waals surface area contributed by atoms with Crippen LogP contribution in [0.5, 0.6) is 0 Å². The zero-order valence-corrected chi connectivity index (χ0v) is 7.15. The first-order valence-corrected chi connectivity index (χ1v) is 3.47. The monoisotopic (exact) mass is 178 g/mol. The Morgan fingerprint density at radius 2 is 1.67 bits per heavy atom. The summed E-state index contributed by atoms with van der Waals surface area (Å²) < 4.78 is 0. The summed E-state index contributed by atoms with van der Waals surface area (Å²) in [4.78, 5) is 19.5. The van der Waals surface area contributed by atoms with Gasteiger partial charge in [0.2, 0.25) is 0 Å². The molecule has 5 heteroatoms. The average molecular weight is 178 g/mol. The van der Waals surface area contributed by atoms with Crippen LogP contribution in [0.2, 0.25) is 0 Å². The maximum atomic E-state index is 9.87. The van der Waals surface area contributed by atoms with E-state index in [9.17, 15) is 9.59 Å². The molecular formula is C7H14O5. The van der Waals surface area contributed by atoms with E-state index in [0.717, 1.165) is 0 Å². The number of aliphatic hydroxyl groups excluding tert-OH is 1. The van der Waals surface area contributed by atoms with Gasteiger partial charge in [0.1, 0.15) is 12.2 Å². The van der Waals surface area contributed by atoms with Crippen molar-refractivity contribution >= 4 is 11.8 Å². The third-order valence-corrected chi connectivity index (χ3v) is 0.765. The number of rotatable bonds is 3. The van der Waals surface area contributed by atoms with Crippen LogP contribution in [-0.2, 0) is 9.59 Å². The summed E-state index contributed by atoms with van der Waals surface area (Å²) >= 11 is 0. The lowest BCUT2D eigenvalue weighted by atomic mass is 10.3. The predicted octanol–water partition coefficient (Wildman–Crippen LogP) is -0.243. The van der Waals surface area contributed by atoms with Gasteiger partial charge < -0.3 is 15.3 Å². The van der Waals surface area contributed by atoms with E-state index in [2.05, 4.69) is 0 Å². The molecule has 0 aliphatic carbocycles. The first-order valence-electron chi connectivity index (χ1n) is 3.47. The first-order chi connectivity index (χ1) is 5.40. The van der Waals surface area contributed by atoms with Gasteiger partial charge in [0.25, 0.3) is 0 Å². The van der Waals surface area contributed by atoms with Gasteiger partial charge in [0, 0.05) is 0 Å².